The van der Waals surface area contributed by atoms with Gasteiger partial charge < -0.3 is 20.9 Å². The fourth-order valence-corrected chi connectivity index (χ4v) is 4.98. The summed E-state index contributed by atoms with van der Waals surface area (Å²) in [6, 6.07) is 15.0. The Morgan fingerprint density at radius 1 is 0.833 bits per heavy atom. The molecule has 2 aliphatic rings. The van der Waals surface area contributed by atoms with Gasteiger partial charge in [-0.05, 0) is 58.9 Å². The van der Waals surface area contributed by atoms with Crippen LogP contribution < -0.4 is 11.5 Å². The van der Waals surface area contributed by atoms with E-state index in [0.717, 1.165) is 19.3 Å². The van der Waals surface area contributed by atoms with Crippen molar-refractivity contribution in [3.63, 3.8) is 0 Å². The van der Waals surface area contributed by atoms with Crippen LogP contribution in [0.2, 0.25) is 0 Å². The average Bonchev–Trinajstić information content (AvgIpc) is 2.72. The highest BCUT2D eigenvalue weighted by atomic mass is 16.5. The maximum Gasteiger partial charge on any atom is 0.0774 e. The van der Waals surface area contributed by atoms with Crippen molar-refractivity contribution in [1.29, 1.82) is 0 Å². The molecule has 0 amide bonds. The standard InChI is InChI=1S/C26H36N2O2/c1-16(2)10-23-26(28)22-13-18(8-9-20(22)15-29-23)11-17(3)12-24-25(27)21-7-5-4-6-19(21)14-30-24/h4-9,13,16-17,23-26H,10-12,14-15,27-28H2,1-3H3/t17?,23?,24-,25?,26?/m1/s1. The van der Waals surface area contributed by atoms with Gasteiger partial charge in [-0.2, -0.15) is 0 Å². The molecule has 4 rings (SSSR count). The van der Waals surface area contributed by atoms with E-state index >= 15 is 0 Å². The minimum atomic E-state index is -0.0525. The van der Waals surface area contributed by atoms with Gasteiger partial charge in [-0.15, -0.1) is 0 Å². The second kappa shape index (κ2) is 9.19. The van der Waals surface area contributed by atoms with E-state index in [0.29, 0.717) is 25.0 Å². The Balaban J connectivity index is 1.41. The number of hydrogen-bond donors (Lipinski definition) is 2. The topological polar surface area (TPSA) is 70.5 Å². The van der Waals surface area contributed by atoms with Crippen LogP contribution in [0.1, 0.15) is 73.5 Å². The molecular weight excluding hydrogens is 372 g/mol. The van der Waals surface area contributed by atoms with Gasteiger partial charge in [0.25, 0.3) is 0 Å². The van der Waals surface area contributed by atoms with Gasteiger partial charge in [-0.3, -0.25) is 0 Å². The van der Waals surface area contributed by atoms with E-state index in [1.54, 1.807) is 0 Å². The minimum absolute atomic E-state index is 0.0435. The van der Waals surface area contributed by atoms with Crippen LogP contribution in [0, 0.1) is 11.8 Å². The van der Waals surface area contributed by atoms with Gasteiger partial charge in [0.1, 0.15) is 0 Å². The smallest absolute Gasteiger partial charge is 0.0774 e. The van der Waals surface area contributed by atoms with Crippen molar-refractivity contribution in [2.24, 2.45) is 23.3 Å². The molecule has 0 aromatic heterocycles. The molecule has 5 atom stereocenters. The van der Waals surface area contributed by atoms with E-state index in [-0.39, 0.29) is 24.3 Å². The molecule has 4 nitrogen and oxygen atoms in total. The van der Waals surface area contributed by atoms with E-state index in [4.69, 9.17) is 20.9 Å². The predicted molar refractivity (Wildman–Crippen MR) is 121 cm³/mol. The van der Waals surface area contributed by atoms with Crippen LogP contribution in [0.5, 0.6) is 0 Å². The maximum absolute atomic E-state index is 6.59. The van der Waals surface area contributed by atoms with Crippen LogP contribution in [0.4, 0.5) is 0 Å². The molecule has 0 spiro atoms. The lowest BCUT2D eigenvalue weighted by atomic mass is 9.85. The molecular formula is C26H36N2O2. The van der Waals surface area contributed by atoms with Gasteiger partial charge in [0.15, 0.2) is 0 Å². The van der Waals surface area contributed by atoms with Crippen LogP contribution in [0.25, 0.3) is 0 Å². The molecule has 0 saturated carbocycles. The summed E-state index contributed by atoms with van der Waals surface area (Å²) in [5, 5.41) is 0. The zero-order valence-corrected chi connectivity index (χ0v) is 18.5. The normalized spacial score (nSPS) is 26.9. The first-order chi connectivity index (χ1) is 14.4. The Morgan fingerprint density at radius 3 is 2.20 bits per heavy atom. The summed E-state index contributed by atoms with van der Waals surface area (Å²) in [6.07, 6.45) is 3.14. The van der Waals surface area contributed by atoms with Crippen molar-refractivity contribution in [2.45, 2.75) is 77.5 Å². The zero-order chi connectivity index (χ0) is 21.3. The van der Waals surface area contributed by atoms with Gasteiger partial charge in [-0.25, -0.2) is 0 Å². The lowest BCUT2D eigenvalue weighted by molar-refractivity contribution is -0.00486. The predicted octanol–water partition coefficient (Wildman–Crippen LogP) is 4.80. The molecule has 0 bridgehead atoms. The van der Waals surface area contributed by atoms with E-state index < -0.39 is 0 Å². The van der Waals surface area contributed by atoms with Crippen molar-refractivity contribution in [3.8, 4) is 0 Å². The van der Waals surface area contributed by atoms with Crippen LogP contribution in [0.15, 0.2) is 42.5 Å². The number of ether oxygens (including phenoxy) is 2. The lowest BCUT2D eigenvalue weighted by Gasteiger charge is -2.34. The third-order valence-electron chi connectivity index (χ3n) is 6.61. The Hall–Kier alpha value is -1.72. The fraction of sp³-hybridized carbons (Fsp3) is 0.538. The molecule has 0 radical (unpaired) electrons. The van der Waals surface area contributed by atoms with E-state index in [1.807, 2.05) is 0 Å². The Morgan fingerprint density at radius 2 is 1.47 bits per heavy atom. The molecule has 162 valence electrons. The van der Waals surface area contributed by atoms with Crippen LogP contribution in [0.3, 0.4) is 0 Å². The monoisotopic (exact) mass is 408 g/mol. The summed E-state index contributed by atoms with van der Waals surface area (Å²) in [5.74, 6) is 1.06. The zero-order valence-electron chi connectivity index (χ0n) is 18.5. The van der Waals surface area contributed by atoms with Crippen LogP contribution in [-0.2, 0) is 29.1 Å². The van der Waals surface area contributed by atoms with Crippen molar-refractivity contribution < 1.29 is 9.47 Å². The molecule has 2 heterocycles. The molecule has 2 aromatic rings. The second-order valence-electron chi connectivity index (χ2n) is 9.66. The summed E-state index contributed by atoms with van der Waals surface area (Å²) in [4.78, 5) is 0. The molecule has 0 saturated heterocycles. The molecule has 4 heteroatoms. The quantitative estimate of drug-likeness (QED) is 0.720. The summed E-state index contributed by atoms with van der Waals surface area (Å²) < 4.78 is 12.2. The van der Waals surface area contributed by atoms with E-state index in [2.05, 4.69) is 63.2 Å². The second-order valence-corrected chi connectivity index (χ2v) is 9.66. The molecule has 2 aliphatic heterocycles. The summed E-state index contributed by atoms with van der Waals surface area (Å²) in [5.41, 5.74) is 19.4. The summed E-state index contributed by atoms with van der Waals surface area (Å²) in [7, 11) is 0. The number of fused-ring (bicyclic) bond motifs is 2. The Kier molecular flexibility index (Phi) is 6.59. The molecule has 0 aliphatic carbocycles. The molecule has 30 heavy (non-hydrogen) atoms. The molecule has 4 unspecified atom stereocenters. The third kappa shape index (κ3) is 4.62. The van der Waals surface area contributed by atoms with E-state index in [9.17, 15) is 0 Å². The highest BCUT2D eigenvalue weighted by Crippen LogP contribution is 2.34. The number of hydrogen-bond acceptors (Lipinski definition) is 4. The van der Waals surface area contributed by atoms with Gasteiger partial charge in [-0.1, -0.05) is 63.2 Å². The number of nitrogens with two attached hydrogens (primary N) is 2. The van der Waals surface area contributed by atoms with Gasteiger partial charge in [0.05, 0.1) is 37.5 Å². The number of rotatable bonds is 6. The van der Waals surface area contributed by atoms with E-state index in [1.165, 1.54) is 27.8 Å². The van der Waals surface area contributed by atoms with Gasteiger partial charge in [0.2, 0.25) is 0 Å². The first kappa shape index (κ1) is 21.5. The first-order valence-corrected chi connectivity index (χ1v) is 11.4. The van der Waals surface area contributed by atoms with Gasteiger partial charge in [0, 0.05) is 0 Å². The average molecular weight is 409 g/mol. The highest BCUT2D eigenvalue weighted by molar-refractivity contribution is 5.36. The lowest BCUT2D eigenvalue weighted by Crippen LogP contribution is -2.35. The highest BCUT2D eigenvalue weighted by Gasteiger charge is 2.30. The molecule has 2 aromatic carbocycles. The summed E-state index contributed by atoms with van der Waals surface area (Å²) >= 11 is 0. The molecule has 0 fully saturated rings. The summed E-state index contributed by atoms with van der Waals surface area (Å²) in [6.45, 7) is 8.06. The van der Waals surface area contributed by atoms with Crippen molar-refractivity contribution in [1.82, 2.24) is 0 Å². The largest absolute Gasteiger partial charge is 0.372 e. The number of benzene rings is 2. The van der Waals surface area contributed by atoms with Crippen LogP contribution in [-0.4, -0.2) is 12.2 Å². The minimum Gasteiger partial charge on any atom is -0.372 e. The van der Waals surface area contributed by atoms with Crippen molar-refractivity contribution in [2.75, 3.05) is 0 Å². The van der Waals surface area contributed by atoms with Crippen molar-refractivity contribution in [3.05, 3.63) is 70.3 Å². The maximum atomic E-state index is 6.59. The van der Waals surface area contributed by atoms with Crippen LogP contribution >= 0.6 is 0 Å². The molecule has 4 N–H and O–H groups in total. The fourth-order valence-electron chi connectivity index (χ4n) is 4.98. The Labute approximate surface area is 180 Å². The van der Waals surface area contributed by atoms with Gasteiger partial charge >= 0.3 is 0 Å². The SMILES string of the molecule is CC(C)CC1OCc2ccc(CC(C)C[C@H]3OCc4ccccc4C3N)cc2C1N. The van der Waals surface area contributed by atoms with Crippen molar-refractivity contribution >= 4 is 0 Å². The Bertz CT molecular complexity index is 866. The third-order valence-corrected chi connectivity index (χ3v) is 6.61. The first-order valence-electron chi connectivity index (χ1n) is 11.4.